The molecule has 4 aromatic rings. The van der Waals surface area contributed by atoms with Crippen LogP contribution in [0.25, 0.3) is 10.2 Å². The van der Waals surface area contributed by atoms with Crippen LogP contribution in [0.5, 0.6) is 0 Å². The predicted molar refractivity (Wildman–Crippen MR) is 128 cm³/mol. The Morgan fingerprint density at radius 2 is 1.71 bits per heavy atom. The summed E-state index contributed by atoms with van der Waals surface area (Å²) in [5, 5.41) is 1.85. The van der Waals surface area contributed by atoms with E-state index in [1.165, 1.54) is 9.44 Å². The Labute approximate surface area is 193 Å². The van der Waals surface area contributed by atoms with E-state index in [-0.39, 0.29) is 17.8 Å². The van der Waals surface area contributed by atoms with Crippen molar-refractivity contribution in [3.05, 3.63) is 101 Å². The van der Waals surface area contributed by atoms with Gasteiger partial charge in [0.25, 0.3) is 5.56 Å². The number of halogens is 2. The maximum absolute atomic E-state index is 13.6. The Hall–Kier alpha value is -2.34. The molecule has 0 atom stereocenters. The molecule has 0 saturated heterocycles. The van der Waals surface area contributed by atoms with Crippen molar-refractivity contribution < 1.29 is 0 Å². The third-order valence-corrected chi connectivity index (χ3v) is 7.75. The third-order valence-electron chi connectivity index (χ3n) is 5.83. The SMILES string of the molecule is O=c1c2c3c(sc2n(Cc2cccc(Cl)c2)c(=O)n1Cc1ccccc1Cl)CCCC3. The molecule has 0 spiro atoms. The lowest BCUT2D eigenvalue weighted by Gasteiger charge is -2.14. The Morgan fingerprint density at radius 1 is 0.903 bits per heavy atom. The van der Waals surface area contributed by atoms with E-state index in [4.69, 9.17) is 23.2 Å². The number of benzene rings is 2. The molecule has 0 N–H and O–H groups in total. The molecule has 2 heterocycles. The van der Waals surface area contributed by atoms with Crippen LogP contribution in [0.2, 0.25) is 10.0 Å². The van der Waals surface area contributed by atoms with E-state index in [0.717, 1.165) is 47.2 Å². The first-order chi connectivity index (χ1) is 15.0. The molecule has 1 aliphatic rings. The fraction of sp³-hybridized carbons (Fsp3) is 0.250. The highest BCUT2D eigenvalue weighted by molar-refractivity contribution is 7.18. The molecular weight excluding hydrogens is 451 g/mol. The third kappa shape index (κ3) is 3.75. The summed E-state index contributed by atoms with van der Waals surface area (Å²) in [5.74, 6) is 0. The average Bonchev–Trinajstić information content (AvgIpc) is 3.15. The lowest BCUT2D eigenvalue weighted by Crippen LogP contribution is -2.40. The molecule has 31 heavy (non-hydrogen) atoms. The molecule has 4 nitrogen and oxygen atoms in total. The molecule has 0 radical (unpaired) electrons. The van der Waals surface area contributed by atoms with Gasteiger partial charge in [0, 0.05) is 14.9 Å². The second-order valence-electron chi connectivity index (χ2n) is 7.87. The zero-order valence-corrected chi connectivity index (χ0v) is 19.1. The first-order valence-corrected chi connectivity index (χ1v) is 11.9. The number of fused-ring (bicyclic) bond motifs is 3. The lowest BCUT2D eigenvalue weighted by atomic mass is 9.97. The van der Waals surface area contributed by atoms with E-state index in [1.54, 1.807) is 22.0 Å². The smallest absolute Gasteiger partial charge is 0.280 e. The predicted octanol–water partition coefficient (Wildman–Crippen LogP) is 5.51. The van der Waals surface area contributed by atoms with Gasteiger partial charge in [0.05, 0.1) is 18.5 Å². The van der Waals surface area contributed by atoms with Crippen molar-refractivity contribution in [3.8, 4) is 0 Å². The minimum Gasteiger partial charge on any atom is -0.280 e. The molecule has 0 amide bonds. The molecule has 2 aromatic carbocycles. The van der Waals surface area contributed by atoms with Gasteiger partial charge in [0.2, 0.25) is 0 Å². The second-order valence-corrected chi connectivity index (χ2v) is 9.80. The molecule has 0 bridgehead atoms. The maximum atomic E-state index is 13.6. The zero-order chi connectivity index (χ0) is 21.5. The summed E-state index contributed by atoms with van der Waals surface area (Å²) >= 11 is 14.1. The van der Waals surface area contributed by atoms with Crippen molar-refractivity contribution in [3.63, 3.8) is 0 Å². The summed E-state index contributed by atoms with van der Waals surface area (Å²) in [6, 6.07) is 14.8. The first-order valence-electron chi connectivity index (χ1n) is 10.3. The van der Waals surface area contributed by atoms with Crippen LogP contribution in [0.3, 0.4) is 0 Å². The van der Waals surface area contributed by atoms with Gasteiger partial charge in [-0.25, -0.2) is 4.79 Å². The van der Waals surface area contributed by atoms with Crippen LogP contribution >= 0.6 is 34.5 Å². The number of hydrogen-bond donors (Lipinski definition) is 0. The van der Waals surface area contributed by atoms with E-state index >= 15 is 0 Å². The molecule has 2 aromatic heterocycles. The molecule has 158 valence electrons. The molecule has 0 aliphatic heterocycles. The van der Waals surface area contributed by atoms with Crippen molar-refractivity contribution in [1.29, 1.82) is 0 Å². The highest BCUT2D eigenvalue weighted by Gasteiger charge is 2.24. The minimum atomic E-state index is -0.323. The van der Waals surface area contributed by atoms with Crippen molar-refractivity contribution >= 4 is 44.8 Å². The number of nitrogens with zero attached hydrogens (tertiary/aromatic N) is 2. The fourth-order valence-electron chi connectivity index (χ4n) is 4.31. The minimum absolute atomic E-state index is 0.146. The topological polar surface area (TPSA) is 44.0 Å². The van der Waals surface area contributed by atoms with Crippen LogP contribution in [-0.4, -0.2) is 9.13 Å². The summed E-state index contributed by atoms with van der Waals surface area (Å²) in [5.41, 5.74) is 2.24. The summed E-state index contributed by atoms with van der Waals surface area (Å²) < 4.78 is 3.05. The molecule has 0 fully saturated rings. The molecule has 0 unspecified atom stereocenters. The molecule has 0 saturated carbocycles. The average molecular weight is 471 g/mol. The Morgan fingerprint density at radius 3 is 2.52 bits per heavy atom. The Kier molecular flexibility index (Phi) is 5.51. The van der Waals surface area contributed by atoms with E-state index in [0.29, 0.717) is 22.0 Å². The van der Waals surface area contributed by atoms with Gasteiger partial charge in [0.1, 0.15) is 4.83 Å². The number of thiophene rings is 1. The first kappa shape index (κ1) is 20.6. The summed E-state index contributed by atoms with van der Waals surface area (Å²) in [4.78, 5) is 29.1. The molecule has 7 heteroatoms. The van der Waals surface area contributed by atoms with Crippen LogP contribution in [0.1, 0.15) is 34.4 Å². The molecular formula is C24H20Cl2N2O2S. The number of aryl methyl sites for hydroxylation is 2. The van der Waals surface area contributed by atoms with Crippen molar-refractivity contribution in [2.75, 3.05) is 0 Å². The lowest BCUT2D eigenvalue weighted by molar-refractivity contribution is 0.636. The zero-order valence-electron chi connectivity index (χ0n) is 16.7. The van der Waals surface area contributed by atoms with Gasteiger partial charge in [-0.05, 0) is 60.6 Å². The van der Waals surface area contributed by atoms with Gasteiger partial charge in [-0.3, -0.25) is 13.9 Å². The number of aromatic nitrogens is 2. The van der Waals surface area contributed by atoms with E-state index in [1.807, 2.05) is 42.5 Å². The van der Waals surface area contributed by atoms with Crippen LogP contribution in [0.15, 0.2) is 58.1 Å². The van der Waals surface area contributed by atoms with Gasteiger partial charge in [-0.2, -0.15) is 0 Å². The van der Waals surface area contributed by atoms with E-state index in [9.17, 15) is 9.59 Å². The van der Waals surface area contributed by atoms with Gasteiger partial charge < -0.3 is 0 Å². The normalized spacial score (nSPS) is 13.5. The van der Waals surface area contributed by atoms with Crippen LogP contribution < -0.4 is 11.2 Å². The largest absolute Gasteiger partial charge is 0.332 e. The number of rotatable bonds is 4. The standard InChI is InChI=1S/C24H20Cl2N2O2S/c25-17-8-5-6-15(12-17)13-28-23-21(18-9-2-4-11-20(18)31-23)22(29)27(24(28)30)14-16-7-1-3-10-19(16)26/h1,3,5-8,10,12H,2,4,9,11,13-14H2. The quantitative estimate of drug-likeness (QED) is 0.394. The van der Waals surface area contributed by atoms with Gasteiger partial charge in [-0.15, -0.1) is 11.3 Å². The monoisotopic (exact) mass is 470 g/mol. The van der Waals surface area contributed by atoms with Crippen LogP contribution in [-0.2, 0) is 25.9 Å². The maximum Gasteiger partial charge on any atom is 0.332 e. The van der Waals surface area contributed by atoms with E-state index in [2.05, 4.69) is 0 Å². The molecule has 1 aliphatic carbocycles. The van der Waals surface area contributed by atoms with Crippen LogP contribution in [0.4, 0.5) is 0 Å². The van der Waals surface area contributed by atoms with Gasteiger partial charge >= 0.3 is 5.69 Å². The Bertz CT molecular complexity index is 1420. The highest BCUT2D eigenvalue weighted by Crippen LogP contribution is 2.34. The van der Waals surface area contributed by atoms with E-state index < -0.39 is 0 Å². The van der Waals surface area contributed by atoms with Crippen molar-refractivity contribution in [1.82, 2.24) is 9.13 Å². The van der Waals surface area contributed by atoms with Gasteiger partial charge in [0.15, 0.2) is 0 Å². The second kappa shape index (κ2) is 8.30. The van der Waals surface area contributed by atoms with Gasteiger partial charge in [-0.1, -0.05) is 53.5 Å². The summed E-state index contributed by atoms with van der Waals surface area (Å²) in [6.45, 7) is 0.505. The number of hydrogen-bond acceptors (Lipinski definition) is 3. The van der Waals surface area contributed by atoms with Crippen LogP contribution in [0, 0.1) is 0 Å². The van der Waals surface area contributed by atoms with Crippen molar-refractivity contribution in [2.24, 2.45) is 0 Å². The molecule has 5 rings (SSSR count). The Balaban J connectivity index is 1.76. The summed E-state index contributed by atoms with van der Waals surface area (Å²) in [6.07, 6.45) is 4.03. The highest BCUT2D eigenvalue weighted by atomic mass is 35.5. The summed E-state index contributed by atoms with van der Waals surface area (Å²) in [7, 11) is 0. The van der Waals surface area contributed by atoms with Crippen molar-refractivity contribution in [2.45, 2.75) is 38.8 Å². The fourth-order valence-corrected chi connectivity index (χ4v) is 6.09.